The van der Waals surface area contributed by atoms with Crippen molar-refractivity contribution in [3.8, 4) is 12.3 Å². The lowest BCUT2D eigenvalue weighted by atomic mass is 10.2. The van der Waals surface area contributed by atoms with Crippen molar-refractivity contribution >= 4 is 28.5 Å². The Morgan fingerprint density at radius 1 is 1.16 bits per heavy atom. The fraction of sp³-hybridized carbons (Fsp3) is 0.222. The van der Waals surface area contributed by atoms with Gasteiger partial charge in [-0.05, 0) is 18.2 Å². The van der Waals surface area contributed by atoms with Gasteiger partial charge in [0.2, 0.25) is 5.95 Å². The number of rotatable bonds is 3. The second kappa shape index (κ2) is 6.71. The lowest BCUT2D eigenvalue weighted by Crippen LogP contribution is -2.37. The van der Waals surface area contributed by atoms with Gasteiger partial charge in [-0.3, -0.25) is 0 Å². The summed E-state index contributed by atoms with van der Waals surface area (Å²) in [6, 6.07) is 7.59. The fourth-order valence-corrected chi connectivity index (χ4v) is 2.68. The summed E-state index contributed by atoms with van der Waals surface area (Å²) in [6.45, 7) is 2.89. The summed E-state index contributed by atoms with van der Waals surface area (Å²) in [4.78, 5) is 19.8. The largest absolute Gasteiger partial charge is 0.378 e. The minimum atomic E-state index is 0.621. The van der Waals surface area contributed by atoms with Crippen molar-refractivity contribution in [3.63, 3.8) is 0 Å². The topological polar surface area (TPSA) is 76.1 Å². The SMILES string of the molecule is C#Cc1cccc(Nc2ncnc3cnc(N4CCOCC4)nc23)c1. The van der Waals surface area contributed by atoms with Crippen molar-refractivity contribution < 1.29 is 4.74 Å². The van der Waals surface area contributed by atoms with E-state index in [0.717, 1.165) is 24.3 Å². The zero-order valence-corrected chi connectivity index (χ0v) is 13.5. The molecule has 0 spiro atoms. The molecule has 0 radical (unpaired) electrons. The van der Waals surface area contributed by atoms with Gasteiger partial charge in [-0.15, -0.1) is 6.42 Å². The summed E-state index contributed by atoms with van der Waals surface area (Å²) in [5, 5.41) is 3.27. The molecule has 1 aromatic carbocycles. The highest BCUT2D eigenvalue weighted by Gasteiger charge is 2.16. The van der Waals surface area contributed by atoms with E-state index in [1.54, 1.807) is 6.20 Å². The van der Waals surface area contributed by atoms with Crippen LogP contribution in [0.4, 0.5) is 17.5 Å². The molecule has 1 saturated heterocycles. The molecule has 0 aliphatic carbocycles. The van der Waals surface area contributed by atoms with E-state index in [1.165, 1.54) is 6.33 Å². The van der Waals surface area contributed by atoms with E-state index in [9.17, 15) is 0 Å². The first-order valence-corrected chi connectivity index (χ1v) is 7.97. The Morgan fingerprint density at radius 2 is 2.04 bits per heavy atom. The number of hydrogen-bond acceptors (Lipinski definition) is 7. The second-order valence-electron chi connectivity index (χ2n) is 5.58. The van der Waals surface area contributed by atoms with E-state index in [1.807, 2.05) is 24.3 Å². The zero-order valence-electron chi connectivity index (χ0n) is 13.5. The number of morpholine rings is 1. The fourth-order valence-electron chi connectivity index (χ4n) is 2.68. The Hall–Kier alpha value is -3.24. The van der Waals surface area contributed by atoms with E-state index in [2.05, 4.69) is 36.1 Å². The molecule has 0 bridgehead atoms. The highest BCUT2D eigenvalue weighted by molar-refractivity contribution is 5.87. The highest BCUT2D eigenvalue weighted by Crippen LogP contribution is 2.23. The molecular formula is C18H16N6O. The lowest BCUT2D eigenvalue weighted by molar-refractivity contribution is 0.122. The van der Waals surface area contributed by atoms with E-state index in [4.69, 9.17) is 11.2 Å². The molecule has 124 valence electrons. The van der Waals surface area contributed by atoms with Crippen molar-refractivity contribution in [1.82, 2.24) is 19.9 Å². The molecule has 25 heavy (non-hydrogen) atoms. The van der Waals surface area contributed by atoms with E-state index < -0.39 is 0 Å². The number of benzene rings is 1. The maximum Gasteiger partial charge on any atom is 0.226 e. The van der Waals surface area contributed by atoms with Crippen LogP contribution in [0.15, 0.2) is 36.8 Å². The van der Waals surface area contributed by atoms with E-state index in [-0.39, 0.29) is 0 Å². The van der Waals surface area contributed by atoms with Crippen LogP contribution in [0.5, 0.6) is 0 Å². The number of fused-ring (bicyclic) bond motifs is 1. The zero-order chi connectivity index (χ0) is 17.1. The molecule has 0 saturated carbocycles. The predicted octanol–water partition coefficient (Wildman–Crippen LogP) is 1.98. The van der Waals surface area contributed by atoms with Crippen LogP contribution in [-0.4, -0.2) is 46.2 Å². The normalized spacial score (nSPS) is 14.3. The smallest absolute Gasteiger partial charge is 0.226 e. The standard InChI is InChI=1S/C18H16N6O/c1-2-13-4-3-5-14(10-13)22-17-16-15(20-12-21-17)11-19-18(23-16)24-6-8-25-9-7-24/h1,3-5,10-12H,6-9H2,(H,20,21,22). The molecule has 1 N–H and O–H groups in total. The summed E-state index contributed by atoms with van der Waals surface area (Å²) in [5.41, 5.74) is 3.00. The van der Waals surface area contributed by atoms with Gasteiger partial charge in [0.1, 0.15) is 17.4 Å². The first-order valence-electron chi connectivity index (χ1n) is 7.97. The van der Waals surface area contributed by atoms with Gasteiger partial charge in [0.05, 0.1) is 19.4 Å². The van der Waals surface area contributed by atoms with Gasteiger partial charge in [0.25, 0.3) is 0 Å². The third kappa shape index (κ3) is 3.20. The summed E-state index contributed by atoms with van der Waals surface area (Å²) >= 11 is 0. The third-order valence-corrected chi connectivity index (χ3v) is 3.95. The second-order valence-corrected chi connectivity index (χ2v) is 5.58. The molecule has 0 atom stereocenters. The highest BCUT2D eigenvalue weighted by atomic mass is 16.5. The van der Waals surface area contributed by atoms with Crippen LogP contribution in [0, 0.1) is 12.3 Å². The molecule has 3 heterocycles. The molecule has 1 aliphatic heterocycles. The Kier molecular flexibility index (Phi) is 4.11. The maximum absolute atomic E-state index is 5.47. The van der Waals surface area contributed by atoms with Gasteiger partial charge >= 0.3 is 0 Å². The molecule has 1 aliphatic rings. The molecular weight excluding hydrogens is 316 g/mol. The Morgan fingerprint density at radius 3 is 2.88 bits per heavy atom. The quantitative estimate of drug-likeness (QED) is 0.735. The van der Waals surface area contributed by atoms with Crippen LogP contribution in [0.3, 0.4) is 0 Å². The average molecular weight is 332 g/mol. The van der Waals surface area contributed by atoms with Crippen LogP contribution < -0.4 is 10.2 Å². The molecule has 3 aromatic rings. The number of hydrogen-bond donors (Lipinski definition) is 1. The Bertz CT molecular complexity index is 946. The number of ether oxygens (including phenoxy) is 1. The predicted molar refractivity (Wildman–Crippen MR) is 95.8 cm³/mol. The average Bonchev–Trinajstić information content (AvgIpc) is 2.69. The molecule has 4 rings (SSSR count). The van der Waals surface area contributed by atoms with Crippen LogP contribution in [0.2, 0.25) is 0 Å². The van der Waals surface area contributed by atoms with Crippen LogP contribution in [0.1, 0.15) is 5.56 Å². The number of terminal acetylenes is 1. The minimum absolute atomic E-state index is 0.621. The third-order valence-electron chi connectivity index (χ3n) is 3.95. The monoisotopic (exact) mass is 332 g/mol. The van der Waals surface area contributed by atoms with Gasteiger partial charge in [-0.25, -0.2) is 19.9 Å². The Balaban J connectivity index is 1.71. The van der Waals surface area contributed by atoms with Gasteiger partial charge in [0.15, 0.2) is 5.82 Å². The maximum atomic E-state index is 5.47. The van der Waals surface area contributed by atoms with E-state index in [0.29, 0.717) is 36.0 Å². The molecule has 7 heteroatoms. The summed E-state index contributed by atoms with van der Waals surface area (Å²) in [7, 11) is 0. The number of aromatic nitrogens is 4. The summed E-state index contributed by atoms with van der Waals surface area (Å²) in [5.74, 6) is 3.91. The molecule has 0 amide bonds. The van der Waals surface area contributed by atoms with E-state index >= 15 is 0 Å². The van der Waals surface area contributed by atoms with Crippen molar-refractivity contribution in [1.29, 1.82) is 0 Å². The molecule has 0 unspecified atom stereocenters. The van der Waals surface area contributed by atoms with Crippen molar-refractivity contribution in [2.24, 2.45) is 0 Å². The van der Waals surface area contributed by atoms with Gasteiger partial charge in [-0.2, -0.15) is 0 Å². The van der Waals surface area contributed by atoms with Gasteiger partial charge in [0, 0.05) is 24.3 Å². The minimum Gasteiger partial charge on any atom is -0.378 e. The lowest BCUT2D eigenvalue weighted by Gasteiger charge is -2.26. The van der Waals surface area contributed by atoms with Crippen LogP contribution in [0.25, 0.3) is 11.0 Å². The molecule has 2 aromatic heterocycles. The number of nitrogens with one attached hydrogen (secondary N) is 1. The summed E-state index contributed by atoms with van der Waals surface area (Å²) in [6.07, 6.45) is 8.68. The number of anilines is 3. The Labute approximate surface area is 145 Å². The first kappa shape index (κ1) is 15.3. The van der Waals surface area contributed by atoms with Gasteiger partial charge in [-0.1, -0.05) is 12.0 Å². The molecule has 7 nitrogen and oxygen atoms in total. The van der Waals surface area contributed by atoms with Gasteiger partial charge < -0.3 is 15.0 Å². The van der Waals surface area contributed by atoms with Crippen LogP contribution in [-0.2, 0) is 4.74 Å². The van der Waals surface area contributed by atoms with Crippen molar-refractivity contribution in [2.45, 2.75) is 0 Å². The first-order chi connectivity index (χ1) is 12.3. The van der Waals surface area contributed by atoms with Crippen molar-refractivity contribution in [3.05, 3.63) is 42.4 Å². The van der Waals surface area contributed by atoms with Crippen molar-refractivity contribution in [2.75, 3.05) is 36.5 Å². The van der Waals surface area contributed by atoms with Crippen LogP contribution >= 0.6 is 0 Å². The molecule has 1 fully saturated rings. The summed E-state index contributed by atoms with van der Waals surface area (Å²) < 4.78 is 5.38. The number of nitrogens with zero attached hydrogens (tertiary/aromatic N) is 5.